The number of hydrogen-bond acceptors (Lipinski definition) is 2. The van der Waals surface area contributed by atoms with Gasteiger partial charge in [0.1, 0.15) is 0 Å². The molecule has 1 unspecified atom stereocenters. The molecule has 1 heterocycles. The summed E-state index contributed by atoms with van der Waals surface area (Å²) in [5.41, 5.74) is 0.974. The number of hydrogen-bond donors (Lipinski definition) is 1. The van der Waals surface area contributed by atoms with Crippen molar-refractivity contribution < 1.29 is 9.59 Å². The fourth-order valence-corrected chi connectivity index (χ4v) is 4.05. The Kier molecular flexibility index (Phi) is 5.31. The second-order valence-electron chi connectivity index (χ2n) is 6.78. The van der Waals surface area contributed by atoms with Gasteiger partial charge in [-0.05, 0) is 37.2 Å². The second-order valence-corrected chi connectivity index (χ2v) is 6.78. The van der Waals surface area contributed by atoms with Crippen molar-refractivity contribution in [3.63, 3.8) is 0 Å². The maximum Gasteiger partial charge on any atom is 0.242 e. The highest BCUT2D eigenvalue weighted by Crippen LogP contribution is 2.35. The summed E-state index contributed by atoms with van der Waals surface area (Å²) in [6, 6.07) is 10.0. The predicted molar refractivity (Wildman–Crippen MR) is 89.8 cm³/mol. The Morgan fingerprint density at radius 1 is 1.04 bits per heavy atom. The number of carbonyl (C=O) groups is 2. The zero-order valence-electron chi connectivity index (χ0n) is 13.7. The molecule has 1 saturated heterocycles. The molecule has 2 fully saturated rings. The average Bonchev–Trinajstić information content (AvgIpc) is 3.24. The Morgan fingerprint density at radius 2 is 1.78 bits per heavy atom. The smallest absolute Gasteiger partial charge is 0.242 e. The van der Waals surface area contributed by atoms with Gasteiger partial charge in [0, 0.05) is 12.6 Å². The minimum atomic E-state index is -0.0823. The molecule has 1 aromatic rings. The van der Waals surface area contributed by atoms with Crippen molar-refractivity contribution in [1.82, 2.24) is 10.2 Å². The lowest BCUT2D eigenvalue weighted by molar-refractivity contribution is -0.134. The first-order valence-electron chi connectivity index (χ1n) is 8.84. The van der Waals surface area contributed by atoms with Gasteiger partial charge in [0.2, 0.25) is 11.8 Å². The molecule has 1 aromatic carbocycles. The third kappa shape index (κ3) is 4.12. The van der Waals surface area contributed by atoms with E-state index >= 15 is 0 Å². The molecule has 0 spiro atoms. The Morgan fingerprint density at radius 3 is 2.52 bits per heavy atom. The van der Waals surface area contributed by atoms with E-state index in [1.54, 1.807) is 0 Å². The van der Waals surface area contributed by atoms with Crippen molar-refractivity contribution in [2.45, 2.75) is 51.0 Å². The highest BCUT2D eigenvalue weighted by atomic mass is 16.2. The molecule has 4 nitrogen and oxygen atoms in total. The van der Waals surface area contributed by atoms with Gasteiger partial charge >= 0.3 is 0 Å². The first kappa shape index (κ1) is 16.0. The molecule has 2 aliphatic rings. The predicted octanol–water partition coefficient (Wildman–Crippen LogP) is 2.53. The number of nitrogens with one attached hydrogen (secondary N) is 1. The van der Waals surface area contributed by atoms with Crippen LogP contribution in [0.5, 0.6) is 0 Å². The lowest BCUT2D eigenvalue weighted by Crippen LogP contribution is -2.45. The molecule has 23 heavy (non-hydrogen) atoms. The number of amides is 2. The van der Waals surface area contributed by atoms with E-state index in [9.17, 15) is 9.59 Å². The molecule has 2 amide bonds. The van der Waals surface area contributed by atoms with Crippen LogP contribution >= 0.6 is 0 Å². The van der Waals surface area contributed by atoms with E-state index in [4.69, 9.17) is 0 Å². The van der Waals surface area contributed by atoms with Crippen molar-refractivity contribution in [2.75, 3.05) is 13.1 Å². The molecule has 124 valence electrons. The number of carbonyl (C=O) groups excluding carboxylic acids is 2. The molecule has 0 aromatic heterocycles. The molecule has 0 radical (unpaired) electrons. The lowest BCUT2D eigenvalue weighted by Gasteiger charge is -2.29. The summed E-state index contributed by atoms with van der Waals surface area (Å²) in [5, 5.41) is 2.79. The standard InChI is InChI=1S/C19H26N2O2/c22-18(13-15-7-2-1-3-8-15)20-14-19(23)21-12-6-11-17(21)16-9-4-5-10-16/h1-3,7-8,16-17H,4-6,9-14H2,(H,20,22). The summed E-state index contributed by atoms with van der Waals surface area (Å²) < 4.78 is 0. The summed E-state index contributed by atoms with van der Waals surface area (Å²) in [6.07, 6.45) is 7.69. The van der Waals surface area contributed by atoms with E-state index in [0.717, 1.165) is 24.9 Å². The Labute approximate surface area is 138 Å². The van der Waals surface area contributed by atoms with Crippen LogP contribution in [0, 0.1) is 5.92 Å². The topological polar surface area (TPSA) is 49.4 Å². The highest BCUT2D eigenvalue weighted by Gasteiger charge is 2.35. The fourth-order valence-electron chi connectivity index (χ4n) is 4.05. The number of likely N-dealkylation sites (tertiary alicyclic amines) is 1. The molecule has 1 aliphatic carbocycles. The molecule has 1 aliphatic heterocycles. The van der Waals surface area contributed by atoms with Crippen molar-refractivity contribution in [1.29, 1.82) is 0 Å². The Hall–Kier alpha value is -1.84. The SMILES string of the molecule is O=C(Cc1ccccc1)NCC(=O)N1CCCC1C1CCCC1. The van der Waals surface area contributed by atoms with Crippen LogP contribution in [0.4, 0.5) is 0 Å². The van der Waals surface area contributed by atoms with Crippen molar-refractivity contribution in [2.24, 2.45) is 5.92 Å². The van der Waals surface area contributed by atoms with Gasteiger partial charge in [-0.1, -0.05) is 43.2 Å². The third-order valence-corrected chi connectivity index (χ3v) is 5.21. The monoisotopic (exact) mass is 314 g/mol. The van der Waals surface area contributed by atoms with Crippen LogP contribution in [0.15, 0.2) is 30.3 Å². The van der Waals surface area contributed by atoms with E-state index in [2.05, 4.69) is 5.32 Å². The normalized spacial score (nSPS) is 21.6. The molecule has 1 saturated carbocycles. The van der Waals surface area contributed by atoms with E-state index in [1.165, 1.54) is 25.7 Å². The van der Waals surface area contributed by atoms with Gasteiger partial charge in [-0.2, -0.15) is 0 Å². The molecule has 1 N–H and O–H groups in total. The van der Waals surface area contributed by atoms with Crippen LogP contribution < -0.4 is 5.32 Å². The van der Waals surface area contributed by atoms with Crippen molar-refractivity contribution >= 4 is 11.8 Å². The van der Waals surface area contributed by atoms with Crippen LogP contribution in [-0.4, -0.2) is 35.8 Å². The van der Waals surface area contributed by atoms with Gasteiger partial charge in [-0.15, -0.1) is 0 Å². The molecule has 1 atom stereocenters. The van der Waals surface area contributed by atoms with E-state index in [0.29, 0.717) is 18.4 Å². The van der Waals surface area contributed by atoms with Crippen molar-refractivity contribution in [3.05, 3.63) is 35.9 Å². The Balaban J connectivity index is 1.47. The molecule has 3 rings (SSSR count). The number of nitrogens with zero attached hydrogens (tertiary/aromatic N) is 1. The minimum absolute atomic E-state index is 0.0823. The fraction of sp³-hybridized carbons (Fsp3) is 0.579. The third-order valence-electron chi connectivity index (χ3n) is 5.21. The van der Waals surface area contributed by atoms with Crippen LogP contribution in [0.1, 0.15) is 44.1 Å². The van der Waals surface area contributed by atoms with Gasteiger partial charge in [-0.25, -0.2) is 0 Å². The van der Waals surface area contributed by atoms with Crippen LogP contribution in [0.25, 0.3) is 0 Å². The van der Waals surface area contributed by atoms with Gasteiger partial charge in [-0.3, -0.25) is 9.59 Å². The largest absolute Gasteiger partial charge is 0.347 e. The molecular weight excluding hydrogens is 288 g/mol. The average molecular weight is 314 g/mol. The summed E-state index contributed by atoms with van der Waals surface area (Å²) in [7, 11) is 0. The summed E-state index contributed by atoms with van der Waals surface area (Å²) in [4.78, 5) is 26.5. The molecule has 0 bridgehead atoms. The summed E-state index contributed by atoms with van der Waals surface area (Å²) in [5.74, 6) is 0.684. The minimum Gasteiger partial charge on any atom is -0.347 e. The van der Waals surface area contributed by atoms with Crippen LogP contribution in [-0.2, 0) is 16.0 Å². The number of benzene rings is 1. The second kappa shape index (κ2) is 7.62. The first-order valence-corrected chi connectivity index (χ1v) is 8.84. The van der Waals surface area contributed by atoms with Crippen molar-refractivity contribution in [3.8, 4) is 0 Å². The van der Waals surface area contributed by atoms with Gasteiger partial charge < -0.3 is 10.2 Å². The first-order chi connectivity index (χ1) is 11.2. The van der Waals surface area contributed by atoms with E-state index in [-0.39, 0.29) is 18.4 Å². The van der Waals surface area contributed by atoms with E-state index in [1.807, 2.05) is 35.2 Å². The quantitative estimate of drug-likeness (QED) is 0.908. The van der Waals surface area contributed by atoms with Gasteiger partial charge in [0.05, 0.1) is 13.0 Å². The summed E-state index contributed by atoms with van der Waals surface area (Å²) >= 11 is 0. The van der Waals surface area contributed by atoms with E-state index < -0.39 is 0 Å². The van der Waals surface area contributed by atoms with Gasteiger partial charge in [0.15, 0.2) is 0 Å². The highest BCUT2D eigenvalue weighted by molar-refractivity contribution is 5.86. The Bertz CT molecular complexity index is 538. The summed E-state index contributed by atoms with van der Waals surface area (Å²) in [6.45, 7) is 0.990. The number of rotatable bonds is 5. The van der Waals surface area contributed by atoms with Crippen LogP contribution in [0.3, 0.4) is 0 Å². The zero-order valence-corrected chi connectivity index (χ0v) is 13.7. The zero-order chi connectivity index (χ0) is 16.1. The molecular formula is C19H26N2O2. The van der Waals surface area contributed by atoms with Gasteiger partial charge in [0.25, 0.3) is 0 Å². The molecule has 4 heteroatoms. The maximum absolute atomic E-state index is 12.5. The maximum atomic E-state index is 12.5. The van der Waals surface area contributed by atoms with Crippen LogP contribution in [0.2, 0.25) is 0 Å². The lowest BCUT2D eigenvalue weighted by atomic mass is 9.96.